The minimum atomic E-state index is -0.801. The summed E-state index contributed by atoms with van der Waals surface area (Å²) in [6, 6.07) is 9.79. The van der Waals surface area contributed by atoms with E-state index in [0.717, 1.165) is 11.5 Å². The lowest BCUT2D eigenvalue weighted by molar-refractivity contribution is -0.214. The van der Waals surface area contributed by atoms with Gasteiger partial charge in [0.1, 0.15) is 0 Å². The molecule has 2 aromatic carbocycles. The van der Waals surface area contributed by atoms with E-state index >= 15 is 0 Å². The van der Waals surface area contributed by atoms with Crippen molar-refractivity contribution in [3.05, 3.63) is 53.6 Å². The smallest absolute Gasteiger partial charge is 0.190 e. The highest BCUT2D eigenvalue weighted by molar-refractivity contribution is 5.65. The Labute approximate surface area is 187 Å². The van der Waals surface area contributed by atoms with Gasteiger partial charge in [-0.1, -0.05) is 44.0 Å². The minimum absolute atomic E-state index is 0.0690. The zero-order chi connectivity index (χ0) is 22.5. The molecule has 0 amide bonds. The Bertz CT molecular complexity index is 847. The standard InChI is InChI=1S/C26H31F3O3/c1-17-3-5-19(6-4-17)22-15-31-26(32-16-22)20-9-7-18(8-10-20)21-13-23(28)25(24(29)14-21)30-12-2-11-27/h7-10,13-14,17,19,22,26H,2-6,11-12,15-16H2,1H3. The number of alkyl halides is 1. The maximum atomic E-state index is 14.3. The van der Waals surface area contributed by atoms with Crippen molar-refractivity contribution in [3.8, 4) is 16.9 Å². The fraction of sp³-hybridized carbons (Fsp3) is 0.538. The SMILES string of the molecule is CC1CCC(C2COC(c3ccc(-c4cc(F)c(OCCCF)c(F)c4)cc3)OC2)CC1. The van der Waals surface area contributed by atoms with Crippen LogP contribution in [0.4, 0.5) is 13.2 Å². The molecule has 0 atom stereocenters. The van der Waals surface area contributed by atoms with Crippen LogP contribution in [0.1, 0.15) is 50.9 Å². The first-order chi connectivity index (χ1) is 15.5. The summed E-state index contributed by atoms with van der Waals surface area (Å²) in [6.07, 6.45) is 4.77. The highest BCUT2D eigenvalue weighted by Gasteiger charge is 2.31. The van der Waals surface area contributed by atoms with Crippen LogP contribution < -0.4 is 4.74 Å². The van der Waals surface area contributed by atoms with Crippen molar-refractivity contribution in [2.45, 2.75) is 45.3 Å². The van der Waals surface area contributed by atoms with Crippen LogP contribution in [0.5, 0.6) is 5.75 Å². The maximum absolute atomic E-state index is 14.3. The lowest BCUT2D eigenvalue weighted by Gasteiger charge is -2.37. The molecular weight excluding hydrogens is 417 g/mol. The van der Waals surface area contributed by atoms with E-state index in [1.165, 1.54) is 37.8 Å². The van der Waals surface area contributed by atoms with Crippen molar-refractivity contribution >= 4 is 0 Å². The Balaban J connectivity index is 1.36. The molecule has 0 spiro atoms. The van der Waals surface area contributed by atoms with Crippen molar-refractivity contribution in [1.82, 2.24) is 0 Å². The van der Waals surface area contributed by atoms with Crippen LogP contribution in [0, 0.1) is 29.4 Å². The predicted molar refractivity (Wildman–Crippen MR) is 117 cm³/mol. The third-order valence-corrected chi connectivity index (χ3v) is 6.69. The van der Waals surface area contributed by atoms with Crippen LogP contribution in [0.25, 0.3) is 11.1 Å². The second kappa shape index (κ2) is 10.7. The molecule has 0 radical (unpaired) electrons. The molecule has 0 aromatic heterocycles. The molecule has 0 unspecified atom stereocenters. The van der Waals surface area contributed by atoms with Crippen LogP contribution in [0.2, 0.25) is 0 Å². The molecule has 1 saturated heterocycles. The zero-order valence-electron chi connectivity index (χ0n) is 18.5. The van der Waals surface area contributed by atoms with Gasteiger partial charge in [0, 0.05) is 17.9 Å². The summed E-state index contributed by atoms with van der Waals surface area (Å²) in [5, 5.41) is 0. The van der Waals surface area contributed by atoms with Crippen LogP contribution in [-0.2, 0) is 9.47 Å². The quantitative estimate of drug-likeness (QED) is 0.433. The Morgan fingerprint density at radius 2 is 1.50 bits per heavy atom. The molecule has 1 aliphatic carbocycles. The molecule has 0 N–H and O–H groups in total. The van der Waals surface area contributed by atoms with Crippen molar-refractivity contribution in [3.63, 3.8) is 0 Å². The summed E-state index contributed by atoms with van der Waals surface area (Å²) in [6.45, 7) is 3.06. The monoisotopic (exact) mass is 448 g/mol. The van der Waals surface area contributed by atoms with Crippen LogP contribution in [-0.4, -0.2) is 26.5 Å². The lowest BCUT2D eigenvalue weighted by atomic mass is 9.76. The summed E-state index contributed by atoms with van der Waals surface area (Å²) < 4.78 is 57.9. The van der Waals surface area contributed by atoms with E-state index in [0.29, 0.717) is 36.2 Å². The molecule has 1 heterocycles. The van der Waals surface area contributed by atoms with Gasteiger partial charge in [-0.3, -0.25) is 4.39 Å². The predicted octanol–water partition coefficient (Wildman–Crippen LogP) is 6.86. The summed E-state index contributed by atoms with van der Waals surface area (Å²) in [7, 11) is 0. The number of benzene rings is 2. The van der Waals surface area contributed by atoms with Gasteiger partial charge in [-0.15, -0.1) is 0 Å². The molecule has 32 heavy (non-hydrogen) atoms. The highest BCUT2D eigenvalue weighted by atomic mass is 19.1. The first-order valence-electron chi connectivity index (χ1n) is 11.6. The summed E-state index contributed by atoms with van der Waals surface area (Å²) in [5.74, 6) is -0.104. The van der Waals surface area contributed by atoms with E-state index in [2.05, 4.69) is 6.92 Å². The van der Waals surface area contributed by atoms with E-state index in [-0.39, 0.29) is 13.0 Å². The molecule has 174 valence electrons. The second-order valence-corrected chi connectivity index (χ2v) is 9.06. The van der Waals surface area contributed by atoms with E-state index in [9.17, 15) is 13.2 Å². The highest BCUT2D eigenvalue weighted by Crippen LogP contribution is 2.37. The first-order valence-corrected chi connectivity index (χ1v) is 11.6. The third-order valence-electron chi connectivity index (χ3n) is 6.69. The first kappa shape index (κ1) is 23.1. The number of rotatable bonds is 7. The van der Waals surface area contributed by atoms with Crippen molar-refractivity contribution in [2.24, 2.45) is 17.8 Å². The molecule has 6 heteroatoms. The van der Waals surface area contributed by atoms with Crippen LogP contribution in [0.15, 0.2) is 36.4 Å². The average Bonchev–Trinajstić information content (AvgIpc) is 2.81. The molecule has 3 nitrogen and oxygen atoms in total. The fourth-order valence-corrected chi connectivity index (χ4v) is 4.67. The Morgan fingerprint density at radius 3 is 2.09 bits per heavy atom. The van der Waals surface area contributed by atoms with Gasteiger partial charge in [-0.05, 0) is 47.9 Å². The van der Waals surface area contributed by atoms with Crippen LogP contribution in [0.3, 0.4) is 0 Å². The van der Waals surface area contributed by atoms with Crippen molar-refractivity contribution in [2.75, 3.05) is 26.5 Å². The summed E-state index contributed by atoms with van der Waals surface area (Å²) in [5.41, 5.74) is 1.96. The topological polar surface area (TPSA) is 27.7 Å². The number of hydrogen-bond acceptors (Lipinski definition) is 3. The van der Waals surface area contributed by atoms with Gasteiger partial charge >= 0.3 is 0 Å². The average molecular weight is 449 g/mol. The maximum Gasteiger partial charge on any atom is 0.190 e. The third kappa shape index (κ3) is 5.46. The number of ether oxygens (including phenoxy) is 3. The molecule has 2 fully saturated rings. The second-order valence-electron chi connectivity index (χ2n) is 9.06. The summed E-state index contributed by atoms with van der Waals surface area (Å²) in [4.78, 5) is 0. The van der Waals surface area contributed by atoms with Gasteiger partial charge in [-0.2, -0.15) is 0 Å². The van der Waals surface area contributed by atoms with Gasteiger partial charge in [0.2, 0.25) is 0 Å². The van der Waals surface area contributed by atoms with Gasteiger partial charge in [0.15, 0.2) is 23.7 Å². The molecular formula is C26H31F3O3. The van der Waals surface area contributed by atoms with Gasteiger partial charge in [-0.25, -0.2) is 8.78 Å². The zero-order valence-corrected chi connectivity index (χ0v) is 18.5. The Hall–Kier alpha value is -2.05. The summed E-state index contributed by atoms with van der Waals surface area (Å²) >= 11 is 0. The van der Waals surface area contributed by atoms with Gasteiger partial charge < -0.3 is 14.2 Å². The van der Waals surface area contributed by atoms with Crippen molar-refractivity contribution in [1.29, 1.82) is 0 Å². The molecule has 1 saturated carbocycles. The number of hydrogen-bond donors (Lipinski definition) is 0. The Kier molecular flexibility index (Phi) is 7.74. The van der Waals surface area contributed by atoms with Gasteiger partial charge in [0.05, 0.1) is 26.5 Å². The largest absolute Gasteiger partial charge is 0.488 e. The molecule has 2 aliphatic rings. The van der Waals surface area contributed by atoms with E-state index in [4.69, 9.17) is 14.2 Å². The number of halogens is 3. The Morgan fingerprint density at radius 1 is 0.875 bits per heavy atom. The molecule has 0 bridgehead atoms. The lowest BCUT2D eigenvalue weighted by Crippen LogP contribution is -2.34. The van der Waals surface area contributed by atoms with E-state index in [1.807, 2.05) is 12.1 Å². The van der Waals surface area contributed by atoms with Crippen molar-refractivity contribution < 1.29 is 27.4 Å². The molecule has 2 aromatic rings. The minimum Gasteiger partial charge on any atom is -0.488 e. The van der Waals surface area contributed by atoms with E-state index < -0.39 is 30.3 Å². The fourth-order valence-electron chi connectivity index (χ4n) is 4.67. The van der Waals surface area contributed by atoms with Gasteiger partial charge in [0.25, 0.3) is 0 Å². The van der Waals surface area contributed by atoms with E-state index in [1.54, 1.807) is 12.1 Å². The molecule has 4 rings (SSSR count). The normalized spacial score (nSPS) is 26.1. The molecule has 1 aliphatic heterocycles. The van der Waals surface area contributed by atoms with Crippen LogP contribution >= 0.6 is 0 Å².